The fourth-order valence-corrected chi connectivity index (χ4v) is 2.87. The summed E-state index contributed by atoms with van der Waals surface area (Å²) in [6.45, 7) is 7.20. The van der Waals surface area contributed by atoms with E-state index in [2.05, 4.69) is 32.1 Å². The summed E-state index contributed by atoms with van der Waals surface area (Å²) in [4.78, 5) is 1.50. The van der Waals surface area contributed by atoms with E-state index in [1.165, 1.54) is 4.90 Å². The zero-order chi connectivity index (χ0) is 13.0. The van der Waals surface area contributed by atoms with E-state index in [9.17, 15) is 0 Å². The van der Waals surface area contributed by atoms with Crippen LogP contribution in [0.5, 0.6) is 0 Å². The van der Waals surface area contributed by atoms with Gasteiger partial charge in [0, 0.05) is 0 Å². The Labute approximate surface area is 114 Å². The molecule has 98 valence electrons. The Balaban J connectivity index is 1.94. The Morgan fingerprint density at radius 1 is 1.28 bits per heavy atom. The van der Waals surface area contributed by atoms with Crippen LogP contribution in [0.3, 0.4) is 0 Å². The van der Waals surface area contributed by atoms with Crippen LogP contribution in [0.1, 0.15) is 19.4 Å². The van der Waals surface area contributed by atoms with Gasteiger partial charge in [0.2, 0.25) is 0 Å². The molecule has 1 aliphatic heterocycles. The van der Waals surface area contributed by atoms with Crippen LogP contribution in [0, 0.1) is 0 Å². The molecule has 1 heterocycles. The standard InChI is InChI=1S/C15H20ClNO/c1-12-9-17(10-13(2)18-12)11-15(16)8-14-6-4-3-5-7-14/h3-8,12-13H,9-11H2,1-2H3/p+1/b15-8-/t12-,13-/m1/s1. The number of quaternary nitrogens is 1. The monoisotopic (exact) mass is 266 g/mol. The van der Waals surface area contributed by atoms with Gasteiger partial charge in [-0.15, -0.1) is 0 Å². The number of hydrogen-bond donors (Lipinski definition) is 1. The van der Waals surface area contributed by atoms with Gasteiger partial charge in [0.25, 0.3) is 0 Å². The SMILES string of the molecule is C[C@@H]1C[NH+](C/C(Cl)=C/c2ccccc2)C[C@@H](C)O1. The molecule has 18 heavy (non-hydrogen) atoms. The summed E-state index contributed by atoms with van der Waals surface area (Å²) in [5, 5.41) is 0.914. The molecular weight excluding hydrogens is 246 g/mol. The summed E-state index contributed by atoms with van der Waals surface area (Å²) >= 11 is 6.34. The zero-order valence-corrected chi connectivity index (χ0v) is 11.8. The van der Waals surface area contributed by atoms with Crippen LogP contribution in [0.15, 0.2) is 35.4 Å². The first-order valence-corrected chi connectivity index (χ1v) is 6.91. The predicted molar refractivity (Wildman–Crippen MR) is 75.8 cm³/mol. The van der Waals surface area contributed by atoms with Crippen molar-refractivity contribution in [1.29, 1.82) is 0 Å². The van der Waals surface area contributed by atoms with Crippen molar-refractivity contribution in [2.24, 2.45) is 0 Å². The molecule has 1 aliphatic rings. The van der Waals surface area contributed by atoms with Gasteiger partial charge in [0.15, 0.2) is 0 Å². The third-order valence-corrected chi connectivity index (χ3v) is 3.40. The van der Waals surface area contributed by atoms with Gasteiger partial charge in [0.05, 0.1) is 5.03 Å². The van der Waals surface area contributed by atoms with E-state index in [0.29, 0.717) is 12.2 Å². The minimum absolute atomic E-state index is 0.324. The van der Waals surface area contributed by atoms with Crippen molar-refractivity contribution in [3.63, 3.8) is 0 Å². The van der Waals surface area contributed by atoms with Gasteiger partial charge in [-0.1, -0.05) is 41.9 Å². The molecule has 0 spiro atoms. The molecule has 2 nitrogen and oxygen atoms in total. The maximum absolute atomic E-state index is 6.34. The lowest BCUT2D eigenvalue weighted by Crippen LogP contribution is -3.15. The molecule has 0 bridgehead atoms. The van der Waals surface area contributed by atoms with Gasteiger partial charge in [-0.3, -0.25) is 0 Å². The molecule has 1 aromatic carbocycles. The van der Waals surface area contributed by atoms with Gasteiger partial charge in [-0.25, -0.2) is 0 Å². The summed E-state index contributed by atoms with van der Waals surface area (Å²) in [6, 6.07) is 10.2. The number of rotatable bonds is 3. The molecular formula is C15H21ClNO+. The Hall–Kier alpha value is -0.830. The van der Waals surface area contributed by atoms with Gasteiger partial charge >= 0.3 is 0 Å². The molecule has 0 amide bonds. The van der Waals surface area contributed by atoms with Crippen molar-refractivity contribution in [2.75, 3.05) is 19.6 Å². The normalized spacial score (nSPS) is 29.3. The predicted octanol–water partition coefficient (Wildman–Crippen LogP) is 1.96. The average Bonchev–Trinajstić information content (AvgIpc) is 2.28. The molecule has 0 saturated carbocycles. The van der Waals surface area contributed by atoms with Crippen molar-refractivity contribution in [2.45, 2.75) is 26.1 Å². The minimum Gasteiger partial charge on any atom is -0.364 e. The summed E-state index contributed by atoms with van der Waals surface area (Å²) in [5.74, 6) is 0. The highest BCUT2D eigenvalue weighted by atomic mass is 35.5. The van der Waals surface area contributed by atoms with Gasteiger partial charge in [0.1, 0.15) is 31.8 Å². The number of ether oxygens (including phenoxy) is 1. The molecule has 3 heteroatoms. The molecule has 2 atom stereocenters. The molecule has 1 fully saturated rings. The lowest BCUT2D eigenvalue weighted by atomic mass is 10.2. The van der Waals surface area contributed by atoms with E-state index >= 15 is 0 Å². The molecule has 0 radical (unpaired) electrons. The second-order valence-corrected chi connectivity index (χ2v) is 5.58. The Morgan fingerprint density at radius 3 is 2.50 bits per heavy atom. The quantitative estimate of drug-likeness (QED) is 0.883. The fourth-order valence-electron chi connectivity index (χ4n) is 2.55. The Morgan fingerprint density at radius 2 is 1.89 bits per heavy atom. The molecule has 1 aromatic rings. The highest BCUT2D eigenvalue weighted by Crippen LogP contribution is 2.08. The summed E-state index contributed by atoms with van der Waals surface area (Å²) < 4.78 is 5.73. The van der Waals surface area contributed by atoms with E-state index < -0.39 is 0 Å². The van der Waals surface area contributed by atoms with E-state index in [1.54, 1.807) is 0 Å². The second-order valence-electron chi connectivity index (χ2n) is 5.09. The van der Waals surface area contributed by atoms with E-state index in [1.807, 2.05) is 18.2 Å². The van der Waals surface area contributed by atoms with Crippen molar-refractivity contribution >= 4 is 17.7 Å². The van der Waals surface area contributed by atoms with E-state index in [0.717, 1.165) is 30.2 Å². The highest BCUT2D eigenvalue weighted by molar-refractivity contribution is 6.31. The first kappa shape index (κ1) is 13.6. The largest absolute Gasteiger partial charge is 0.364 e. The van der Waals surface area contributed by atoms with Crippen molar-refractivity contribution < 1.29 is 9.64 Å². The van der Waals surface area contributed by atoms with Gasteiger partial charge in [-0.2, -0.15) is 0 Å². The average molecular weight is 267 g/mol. The van der Waals surface area contributed by atoms with E-state index in [-0.39, 0.29) is 0 Å². The Kier molecular flexibility index (Phi) is 4.81. The lowest BCUT2D eigenvalue weighted by molar-refractivity contribution is -0.909. The van der Waals surface area contributed by atoms with Crippen molar-refractivity contribution in [3.05, 3.63) is 40.9 Å². The maximum atomic E-state index is 6.34. The van der Waals surface area contributed by atoms with Crippen LogP contribution in [0.2, 0.25) is 0 Å². The van der Waals surface area contributed by atoms with Crippen molar-refractivity contribution in [3.8, 4) is 0 Å². The Bertz CT molecular complexity index is 394. The van der Waals surface area contributed by atoms with Gasteiger partial charge < -0.3 is 9.64 Å². The highest BCUT2D eigenvalue weighted by Gasteiger charge is 2.25. The topological polar surface area (TPSA) is 13.7 Å². The van der Waals surface area contributed by atoms with Crippen LogP contribution >= 0.6 is 11.6 Å². The van der Waals surface area contributed by atoms with Crippen LogP contribution < -0.4 is 4.90 Å². The van der Waals surface area contributed by atoms with Crippen molar-refractivity contribution in [1.82, 2.24) is 0 Å². The smallest absolute Gasteiger partial charge is 0.114 e. The van der Waals surface area contributed by atoms with Crippen LogP contribution in [0.25, 0.3) is 6.08 Å². The van der Waals surface area contributed by atoms with E-state index in [4.69, 9.17) is 16.3 Å². The molecule has 0 aliphatic carbocycles. The van der Waals surface area contributed by atoms with Crippen LogP contribution in [0.4, 0.5) is 0 Å². The summed E-state index contributed by atoms with van der Waals surface area (Å²) in [6.07, 6.45) is 2.70. The molecule has 2 rings (SSSR count). The zero-order valence-electron chi connectivity index (χ0n) is 11.0. The van der Waals surface area contributed by atoms with Gasteiger partial charge in [-0.05, 0) is 25.5 Å². The molecule has 1 saturated heterocycles. The molecule has 1 N–H and O–H groups in total. The number of morpholine rings is 1. The number of halogens is 1. The molecule has 0 unspecified atom stereocenters. The first-order chi connectivity index (χ1) is 8.63. The lowest BCUT2D eigenvalue weighted by Gasteiger charge is -2.32. The van der Waals surface area contributed by atoms with Crippen LogP contribution in [-0.4, -0.2) is 31.8 Å². The number of benzene rings is 1. The maximum Gasteiger partial charge on any atom is 0.114 e. The first-order valence-electron chi connectivity index (χ1n) is 6.53. The number of nitrogens with one attached hydrogen (secondary N) is 1. The summed E-state index contributed by atoms with van der Waals surface area (Å²) in [5.41, 5.74) is 1.16. The minimum atomic E-state index is 0.324. The molecule has 0 aromatic heterocycles. The fraction of sp³-hybridized carbons (Fsp3) is 0.467. The summed E-state index contributed by atoms with van der Waals surface area (Å²) in [7, 11) is 0. The second kappa shape index (κ2) is 6.37. The van der Waals surface area contributed by atoms with Crippen LogP contribution in [-0.2, 0) is 4.74 Å². The number of hydrogen-bond acceptors (Lipinski definition) is 1. The third kappa shape index (κ3) is 4.13. The third-order valence-electron chi connectivity index (χ3n) is 3.16.